The highest BCUT2D eigenvalue weighted by Crippen LogP contribution is 2.45. The number of hydrogen-bond acceptors (Lipinski definition) is 7. The first-order valence-electron chi connectivity index (χ1n) is 10.7. The van der Waals surface area contributed by atoms with E-state index in [-0.39, 0.29) is 17.1 Å². The van der Waals surface area contributed by atoms with Gasteiger partial charge in [0.25, 0.3) is 5.91 Å². The molecule has 0 radical (unpaired) electrons. The summed E-state index contributed by atoms with van der Waals surface area (Å²) < 4.78 is 22.5. The molecular formula is C25H28N2O6. The number of rotatable bonds is 8. The summed E-state index contributed by atoms with van der Waals surface area (Å²) >= 11 is 0. The summed E-state index contributed by atoms with van der Waals surface area (Å²) in [7, 11) is 8.56. The van der Waals surface area contributed by atoms with Gasteiger partial charge in [-0.15, -0.1) is 0 Å². The minimum atomic E-state index is -0.635. The van der Waals surface area contributed by atoms with E-state index in [9.17, 15) is 9.59 Å². The Hall–Kier alpha value is -3.52. The molecular weight excluding hydrogens is 424 g/mol. The van der Waals surface area contributed by atoms with Crippen molar-refractivity contribution < 1.29 is 23.4 Å². The number of ether oxygens (including phenoxy) is 3. The number of carbonyl (C=O) groups is 1. The molecule has 8 nitrogen and oxygen atoms in total. The van der Waals surface area contributed by atoms with Crippen molar-refractivity contribution in [2.24, 2.45) is 0 Å². The summed E-state index contributed by atoms with van der Waals surface area (Å²) in [4.78, 5) is 30.8. The van der Waals surface area contributed by atoms with Gasteiger partial charge in [0.05, 0.1) is 38.3 Å². The Morgan fingerprint density at radius 1 is 1.00 bits per heavy atom. The fraction of sp³-hybridized carbons (Fsp3) is 0.360. The molecule has 174 valence electrons. The smallest absolute Gasteiger partial charge is 0.290 e. The van der Waals surface area contributed by atoms with Crippen LogP contribution in [-0.2, 0) is 0 Å². The van der Waals surface area contributed by atoms with Crippen LogP contribution in [-0.4, -0.2) is 64.2 Å². The summed E-state index contributed by atoms with van der Waals surface area (Å²) in [5, 5.41) is 0.441. The number of hydrogen-bond donors (Lipinski definition) is 0. The Morgan fingerprint density at radius 2 is 1.67 bits per heavy atom. The third kappa shape index (κ3) is 3.91. The number of amides is 1. The van der Waals surface area contributed by atoms with Gasteiger partial charge in [-0.1, -0.05) is 12.1 Å². The van der Waals surface area contributed by atoms with Gasteiger partial charge in [0.15, 0.2) is 16.9 Å². The first-order valence-corrected chi connectivity index (χ1v) is 10.7. The van der Waals surface area contributed by atoms with Gasteiger partial charge < -0.3 is 28.4 Å². The lowest BCUT2D eigenvalue weighted by Crippen LogP contribution is -2.32. The highest BCUT2D eigenvalue weighted by atomic mass is 16.5. The van der Waals surface area contributed by atoms with Crippen molar-refractivity contribution in [1.29, 1.82) is 0 Å². The van der Waals surface area contributed by atoms with Gasteiger partial charge in [-0.05, 0) is 56.9 Å². The maximum atomic E-state index is 13.6. The fourth-order valence-electron chi connectivity index (χ4n) is 4.36. The monoisotopic (exact) mass is 452 g/mol. The lowest BCUT2D eigenvalue weighted by Gasteiger charge is -2.27. The molecule has 2 heterocycles. The second-order valence-corrected chi connectivity index (χ2v) is 8.19. The van der Waals surface area contributed by atoms with E-state index in [4.69, 9.17) is 18.6 Å². The molecule has 0 spiro atoms. The van der Waals surface area contributed by atoms with Crippen molar-refractivity contribution in [2.75, 3.05) is 48.5 Å². The van der Waals surface area contributed by atoms with Crippen molar-refractivity contribution in [3.63, 3.8) is 0 Å². The second-order valence-electron chi connectivity index (χ2n) is 8.19. The molecule has 2 aromatic carbocycles. The molecule has 4 rings (SSSR count). The van der Waals surface area contributed by atoms with Gasteiger partial charge in [0.1, 0.15) is 5.58 Å². The highest BCUT2D eigenvalue weighted by Gasteiger charge is 2.43. The molecule has 1 aliphatic heterocycles. The molecule has 1 aliphatic rings. The van der Waals surface area contributed by atoms with Crippen LogP contribution in [0.1, 0.15) is 34.1 Å². The first kappa shape index (κ1) is 22.7. The summed E-state index contributed by atoms with van der Waals surface area (Å²) in [6.07, 6.45) is 0.737. The quantitative estimate of drug-likeness (QED) is 0.519. The summed E-state index contributed by atoms with van der Waals surface area (Å²) in [5.74, 6) is 1.13. The number of benzene rings is 2. The third-order valence-electron chi connectivity index (χ3n) is 5.88. The maximum absolute atomic E-state index is 13.6. The fourth-order valence-corrected chi connectivity index (χ4v) is 4.36. The van der Waals surface area contributed by atoms with Crippen LogP contribution < -0.4 is 19.6 Å². The van der Waals surface area contributed by atoms with Gasteiger partial charge in [-0.3, -0.25) is 9.59 Å². The number of nitrogens with zero attached hydrogens (tertiary/aromatic N) is 2. The minimum Gasteiger partial charge on any atom is -0.493 e. The summed E-state index contributed by atoms with van der Waals surface area (Å²) in [6.45, 7) is 1.25. The van der Waals surface area contributed by atoms with E-state index in [2.05, 4.69) is 4.90 Å². The SMILES string of the molecule is COc1cc(C2c3c(oc4ccccc4c3=O)C(=O)N2CCCN(C)C)cc(OC)c1OC. The van der Waals surface area contributed by atoms with Crippen LogP contribution in [0.3, 0.4) is 0 Å². The van der Waals surface area contributed by atoms with Crippen LogP contribution >= 0.6 is 0 Å². The molecule has 0 N–H and O–H groups in total. The van der Waals surface area contributed by atoms with Crippen molar-refractivity contribution in [2.45, 2.75) is 12.5 Å². The summed E-state index contributed by atoms with van der Waals surface area (Å²) in [5.41, 5.74) is 1.20. The number of fused-ring (bicyclic) bond motifs is 2. The van der Waals surface area contributed by atoms with Gasteiger partial charge in [-0.25, -0.2) is 0 Å². The van der Waals surface area contributed by atoms with Crippen LogP contribution in [0.2, 0.25) is 0 Å². The molecule has 8 heteroatoms. The van der Waals surface area contributed by atoms with Crippen LogP contribution in [0, 0.1) is 0 Å². The molecule has 3 aromatic rings. The molecule has 33 heavy (non-hydrogen) atoms. The molecule has 0 saturated heterocycles. The molecule has 0 saturated carbocycles. The molecule has 0 fully saturated rings. The van der Waals surface area contributed by atoms with Gasteiger partial charge in [-0.2, -0.15) is 0 Å². The van der Waals surface area contributed by atoms with Gasteiger partial charge >= 0.3 is 0 Å². The van der Waals surface area contributed by atoms with E-state index >= 15 is 0 Å². The number of methoxy groups -OCH3 is 3. The van der Waals surface area contributed by atoms with E-state index in [1.807, 2.05) is 14.1 Å². The Bertz CT molecular complexity index is 1220. The Balaban J connectivity index is 1.93. The van der Waals surface area contributed by atoms with Gasteiger partial charge in [0.2, 0.25) is 11.5 Å². The van der Waals surface area contributed by atoms with E-state index in [0.717, 1.165) is 13.0 Å². The topological polar surface area (TPSA) is 81.5 Å². The molecule has 0 bridgehead atoms. The lowest BCUT2D eigenvalue weighted by atomic mass is 9.97. The zero-order valence-electron chi connectivity index (χ0n) is 19.5. The van der Waals surface area contributed by atoms with Crippen LogP contribution in [0.15, 0.2) is 45.6 Å². The average Bonchev–Trinajstić information content (AvgIpc) is 3.09. The normalized spacial score (nSPS) is 15.3. The lowest BCUT2D eigenvalue weighted by molar-refractivity contribution is 0.0722. The van der Waals surface area contributed by atoms with Crippen LogP contribution in [0.5, 0.6) is 17.2 Å². The average molecular weight is 453 g/mol. The molecule has 1 atom stereocenters. The second kappa shape index (κ2) is 9.15. The largest absolute Gasteiger partial charge is 0.493 e. The third-order valence-corrected chi connectivity index (χ3v) is 5.88. The zero-order valence-corrected chi connectivity index (χ0v) is 19.5. The Labute approximate surface area is 192 Å². The highest BCUT2D eigenvalue weighted by molar-refractivity contribution is 5.99. The number of para-hydroxylation sites is 1. The maximum Gasteiger partial charge on any atom is 0.290 e. The molecule has 1 unspecified atom stereocenters. The van der Waals surface area contributed by atoms with E-state index < -0.39 is 6.04 Å². The van der Waals surface area contributed by atoms with Gasteiger partial charge in [0, 0.05) is 6.54 Å². The van der Waals surface area contributed by atoms with Crippen molar-refractivity contribution in [3.05, 3.63) is 63.5 Å². The molecule has 1 aromatic heterocycles. The minimum absolute atomic E-state index is 0.0855. The van der Waals surface area contributed by atoms with Crippen molar-refractivity contribution in [1.82, 2.24) is 9.80 Å². The van der Waals surface area contributed by atoms with E-state index in [1.165, 1.54) is 21.3 Å². The zero-order chi connectivity index (χ0) is 23.7. The molecule has 1 amide bonds. The van der Waals surface area contributed by atoms with E-state index in [0.29, 0.717) is 45.9 Å². The first-order chi connectivity index (χ1) is 15.9. The summed E-state index contributed by atoms with van der Waals surface area (Å²) in [6, 6.07) is 9.91. The van der Waals surface area contributed by atoms with E-state index in [1.54, 1.807) is 41.3 Å². The van der Waals surface area contributed by atoms with Crippen molar-refractivity contribution in [3.8, 4) is 17.2 Å². The Morgan fingerprint density at radius 3 is 2.27 bits per heavy atom. The predicted octanol–water partition coefficient (Wildman–Crippen LogP) is 3.32. The van der Waals surface area contributed by atoms with Crippen LogP contribution in [0.4, 0.5) is 0 Å². The predicted molar refractivity (Wildman–Crippen MR) is 125 cm³/mol. The van der Waals surface area contributed by atoms with Crippen LogP contribution in [0.25, 0.3) is 11.0 Å². The van der Waals surface area contributed by atoms with Crippen molar-refractivity contribution >= 4 is 16.9 Å². The Kier molecular flexibility index (Phi) is 6.29. The standard InChI is InChI=1S/C25H28N2O6/c1-26(2)11-8-12-27-21(15-13-18(30-3)23(32-5)19(14-15)31-4)20-22(28)16-9-6-7-10-17(16)33-24(20)25(27)29/h6-7,9-10,13-14,21H,8,11-12H2,1-5H3. The molecule has 0 aliphatic carbocycles. The number of carbonyl (C=O) groups excluding carboxylic acids is 1.